The molecule has 3 aliphatic rings. The maximum absolute atomic E-state index is 14.7. The minimum atomic E-state index is -1.74. The van der Waals surface area contributed by atoms with Crippen molar-refractivity contribution in [3.63, 3.8) is 0 Å². The van der Waals surface area contributed by atoms with Crippen LogP contribution in [0.25, 0.3) is 6.08 Å². The lowest BCUT2D eigenvalue weighted by molar-refractivity contribution is -0.384. The number of fused-ring (bicyclic) bond motifs is 5. The van der Waals surface area contributed by atoms with Crippen molar-refractivity contribution in [1.29, 1.82) is 0 Å². The molecule has 0 N–H and O–H groups in total. The largest absolute Gasteiger partial charge is 0.352 e. The number of rotatable bonds is 4. The Balaban J connectivity index is 1.56. The molecule has 4 aromatic rings. The Kier molecular flexibility index (Phi) is 5.94. The molecular weight excluding hydrogens is 575 g/mol. The highest BCUT2D eigenvalue weighted by Gasteiger charge is 2.71. The Hall–Kier alpha value is -4.59. The number of carbonyl (C=O) groups excluding carboxylic acids is 3. The van der Waals surface area contributed by atoms with Crippen LogP contribution >= 0.6 is 23.2 Å². The summed E-state index contributed by atoms with van der Waals surface area (Å²) >= 11 is 13.1. The van der Waals surface area contributed by atoms with Gasteiger partial charge in [0.25, 0.3) is 5.69 Å². The number of non-ortho nitro benzene ring substituents is 1. The van der Waals surface area contributed by atoms with Crippen LogP contribution in [0.3, 0.4) is 0 Å². The molecule has 0 radical (unpaired) electrons. The van der Waals surface area contributed by atoms with Crippen molar-refractivity contribution in [2.75, 3.05) is 4.90 Å². The van der Waals surface area contributed by atoms with Crippen LogP contribution < -0.4 is 4.90 Å². The Morgan fingerprint density at radius 2 is 1.55 bits per heavy atom. The number of anilines is 1. The van der Waals surface area contributed by atoms with E-state index in [-0.39, 0.29) is 27.4 Å². The molecule has 0 saturated carbocycles. The zero-order chi connectivity index (χ0) is 29.3. The van der Waals surface area contributed by atoms with Crippen LogP contribution in [-0.2, 0) is 0 Å². The Labute approximate surface area is 250 Å². The number of nitro groups is 1. The third-order valence-corrected chi connectivity index (χ3v) is 9.18. The van der Waals surface area contributed by atoms with Gasteiger partial charge in [-0.3, -0.25) is 24.5 Å². The van der Waals surface area contributed by atoms with Gasteiger partial charge in [0.1, 0.15) is 11.5 Å². The number of nitro benzene ring substituents is 1. The summed E-state index contributed by atoms with van der Waals surface area (Å²) in [6, 6.07) is 22.4. The zero-order valence-corrected chi connectivity index (χ0v) is 23.3. The van der Waals surface area contributed by atoms with Crippen molar-refractivity contribution in [2.24, 2.45) is 5.41 Å². The van der Waals surface area contributed by atoms with Crippen molar-refractivity contribution in [1.82, 2.24) is 0 Å². The fourth-order valence-electron chi connectivity index (χ4n) is 6.96. The lowest BCUT2D eigenvalue weighted by Gasteiger charge is -2.37. The van der Waals surface area contributed by atoms with E-state index in [1.165, 1.54) is 30.3 Å². The highest BCUT2D eigenvalue weighted by Crippen LogP contribution is 2.61. The van der Waals surface area contributed by atoms with Gasteiger partial charge < -0.3 is 4.90 Å². The Morgan fingerprint density at radius 1 is 0.857 bits per heavy atom. The molecule has 3 atom stereocenters. The summed E-state index contributed by atoms with van der Waals surface area (Å²) in [4.78, 5) is 56.9. The van der Waals surface area contributed by atoms with Crippen LogP contribution in [0, 0.1) is 15.5 Å². The third kappa shape index (κ3) is 3.50. The molecular formula is C33H20Cl2N2O5. The number of hydrogen-bond donors (Lipinski definition) is 0. The molecule has 4 aromatic carbocycles. The predicted molar refractivity (Wildman–Crippen MR) is 160 cm³/mol. The number of Topliss-reactive ketones (excluding diaryl/α,β-unsaturated/α-hetero) is 3. The van der Waals surface area contributed by atoms with Crippen LogP contribution in [0.15, 0.2) is 97.1 Å². The van der Waals surface area contributed by atoms with Crippen molar-refractivity contribution in [3.05, 3.63) is 145 Å². The first kappa shape index (κ1) is 26.3. The normalized spacial score (nSPS) is 21.3. The highest BCUT2D eigenvalue weighted by atomic mass is 35.5. The third-order valence-electron chi connectivity index (χ3n) is 8.62. The van der Waals surface area contributed by atoms with Gasteiger partial charge >= 0.3 is 0 Å². The van der Waals surface area contributed by atoms with E-state index in [0.717, 1.165) is 5.56 Å². The summed E-state index contributed by atoms with van der Waals surface area (Å²) in [6.45, 7) is 0. The second kappa shape index (κ2) is 9.48. The molecule has 0 amide bonds. The van der Waals surface area contributed by atoms with Gasteiger partial charge in [-0.1, -0.05) is 96.0 Å². The van der Waals surface area contributed by atoms with Gasteiger partial charge in [-0.15, -0.1) is 0 Å². The van der Waals surface area contributed by atoms with E-state index < -0.39 is 45.7 Å². The molecule has 7 nitrogen and oxygen atoms in total. The molecule has 0 bridgehead atoms. The molecule has 1 spiro atoms. The first-order valence-electron chi connectivity index (χ1n) is 13.2. The first-order valence-corrected chi connectivity index (χ1v) is 14.0. The lowest BCUT2D eigenvalue weighted by Crippen LogP contribution is -2.48. The quantitative estimate of drug-likeness (QED) is 0.107. The monoisotopic (exact) mass is 594 g/mol. The number of hydrogen-bond acceptors (Lipinski definition) is 6. The second-order valence-electron chi connectivity index (χ2n) is 10.6. The molecule has 1 aliphatic carbocycles. The molecule has 206 valence electrons. The molecule has 7 rings (SSSR count). The second-order valence-corrected chi connectivity index (χ2v) is 11.4. The lowest BCUT2D eigenvalue weighted by atomic mass is 9.64. The van der Waals surface area contributed by atoms with Gasteiger partial charge in [0.05, 0.1) is 11.0 Å². The van der Waals surface area contributed by atoms with Gasteiger partial charge in [0.2, 0.25) is 0 Å². The van der Waals surface area contributed by atoms with Crippen LogP contribution in [0.4, 0.5) is 11.4 Å². The molecule has 1 unspecified atom stereocenters. The summed E-state index contributed by atoms with van der Waals surface area (Å²) in [5.41, 5.74) is 0.553. The fourth-order valence-corrected chi connectivity index (χ4v) is 7.48. The summed E-state index contributed by atoms with van der Waals surface area (Å²) in [7, 11) is 0. The van der Waals surface area contributed by atoms with E-state index in [2.05, 4.69) is 0 Å². The number of para-hydroxylation sites is 1. The average Bonchev–Trinajstić information content (AvgIpc) is 3.43. The van der Waals surface area contributed by atoms with Crippen LogP contribution in [0.5, 0.6) is 0 Å². The molecule has 9 heteroatoms. The smallest absolute Gasteiger partial charge is 0.270 e. The molecule has 42 heavy (non-hydrogen) atoms. The minimum absolute atomic E-state index is 0.0857. The van der Waals surface area contributed by atoms with Crippen LogP contribution in [-0.4, -0.2) is 34.4 Å². The van der Waals surface area contributed by atoms with Gasteiger partial charge in [-0.25, -0.2) is 0 Å². The van der Waals surface area contributed by atoms with Crippen molar-refractivity contribution in [2.45, 2.75) is 18.0 Å². The van der Waals surface area contributed by atoms with Crippen LogP contribution in [0.2, 0.25) is 10.0 Å². The predicted octanol–water partition coefficient (Wildman–Crippen LogP) is 7.22. The van der Waals surface area contributed by atoms with Crippen molar-refractivity contribution >= 4 is 58.0 Å². The number of ketones is 3. The topological polar surface area (TPSA) is 97.6 Å². The summed E-state index contributed by atoms with van der Waals surface area (Å²) in [5.74, 6) is -2.32. The number of carbonyl (C=O) groups is 3. The zero-order valence-electron chi connectivity index (χ0n) is 21.7. The van der Waals surface area contributed by atoms with E-state index in [0.29, 0.717) is 16.3 Å². The van der Waals surface area contributed by atoms with Crippen molar-refractivity contribution < 1.29 is 19.3 Å². The van der Waals surface area contributed by atoms with Gasteiger partial charge in [0, 0.05) is 50.5 Å². The first-order chi connectivity index (χ1) is 20.2. The van der Waals surface area contributed by atoms with E-state index in [1.54, 1.807) is 36.4 Å². The number of nitrogens with zero attached hydrogens (tertiary/aromatic N) is 2. The SMILES string of the molecule is O=C(c1cccc([N+](=O)[O-])c1)[C@H]1[C@H](c2ccc(Cl)cc2Cl)C2(C(=O)c3ccccc3C2=O)C2C=Cc3ccccc3N21. The van der Waals surface area contributed by atoms with E-state index in [9.17, 15) is 24.5 Å². The van der Waals surface area contributed by atoms with Crippen molar-refractivity contribution in [3.8, 4) is 0 Å². The Bertz CT molecular complexity index is 1870. The average molecular weight is 595 g/mol. The van der Waals surface area contributed by atoms with Gasteiger partial charge in [0.15, 0.2) is 17.3 Å². The van der Waals surface area contributed by atoms with Gasteiger partial charge in [-0.2, -0.15) is 0 Å². The summed E-state index contributed by atoms with van der Waals surface area (Å²) < 4.78 is 0. The van der Waals surface area contributed by atoms with E-state index in [1.807, 2.05) is 41.3 Å². The van der Waals surface area contributed by atoms with E-state index >= 15 is 0 Å². The van der Waals surface area contributed by atoms with Gasteiger partial charge in [-0.05, 0) is 29.3 Å². The summed E-state index contributed by atoms with van der Waals surface area (Å²) in [6.07, 6.45) is 3.67. The minimum Gasteiger partial charge on any atom is -0.352 e. The highest BCUT2D eigenvalue weighted by molar-refractivity contribution is 6.36. The summed E-state index contributed by atoms with van der Waals surface area (Å²) in [5, 5.41) is 12.2. The van der Waals surface area contributed by atoms with Crippen LogP contribution in [0.1, 0.15) is 48.1 Å². The Morgan fingerprint density at radius 3 is 2.24 bits per heavy atom. The van der Waals surface area contributed by atoms with E-state index in [4.69, 9.17) is 23.2 Å². The maximum Gasteiger partial charge on any atom is 0.270 e. The maximum atomic E-state index is 14.7. The number of halogens is 2. The molecule has 1 saturated heterocycles. The number of benzene rings is 4. The molecule has 1 fully saturated rings. The molecule has 0 aromatic heterocycles. The fraction of sp³-hybridized carbons (Fsp3) is 0.121. The standard InChI is InChI=1S/C33H20Cl2N2O5/c34-20-13-14-24(25(35)17-20)28-29(30(38)19-7-5-8-21(16-19)37(41)42)36-26-11-4-1-6-18(26)12-15-27(36)33(28)31(39)22-9-2-3-10-23(22)32(33)40/h1-17,27-29H/t27?,28-,29+/m0/s1. The molecule has 2 aliphatic heterocycles. The molecule has 2 heterocycles.